The molecule has 2 aliphatic heterocycles. The van der Waals surface area contributed by atoms with E-state index in [0.29, 0.717) is 55.3 Å². The minimum atomic E-state index is -1.21. The molecular weight excluding hydrogens is 832 g/mol. The molecule has 4 amide bonds. The fourth-order valence-corrected chi connectivity index (χ4v) is 7.45. The molecule has 2 fully saturated rings. The lowest BCUT2D eigenvalue weighted by Crippen LogP contribution is -2.54. The van der Waals surface area contributed by atoms with Crippen molar-refractivity contribution < 1.29 is 57.2 Å². The Morgan fingerprint density at radius 1 is 0.855 bits per heavy atom. The van der Waals surface area contributed by atoms with E-state index in [4.69, 9.17) is 45.4 Å². The van der Waals surface area contributed by atoms with Crippen LogP contribution in [0.2, 0.25) is 5.02 Å². The average Bonchev–Trinajstić information content (AvgIpc) is 3.50. The van der Waals surface area contributed by atoms with Crippen LogP contribution < -0.4 is 21.2 Å². The Balaban J connectivity index is 0.807. The standard InChI is InChI=1S/C43H39ClN4O14/c44-31-19-26(4-5-27(31)37-22-34(49)30-20-29(32(47-56)21-36(30)62-37)23-16-24(43(54)55)18-25(45)17-23)60-14-12-58-10-8-57-9-11-59-13-15-61-35-3-1-2-28-39(35)42(53)48(41(28)52)33-6-7-38(50)46-40(33)51/h2,4-5,16-22,33H,1,3,6-15,45H2,(H,54,55)(H,46,50,51). The number of piperidine rings is 1. The molecule has 0 spiro atoms. The molecule has 1 aliphatic carbocycles. The molecule has 0 bridgehead atoms. The third-order valence-corrected chi connectivity index (χ3v) is 10.4. The van der Waals surface area contributed by atoms with Gasteiger partial charge < -0.3 is 38.9 Å². The summed E-state index contributed by atoms with van der Waals surface area (Å²) in [5.74, 6) is -2.54. The van der Waals surface area contributed by atoms with E-state index in [2.05, 4.69) is 10.5 Å². The predicted octanol–water partition coefficient (Wildman–Crippen LogP) is 5.05. The number of carbonyl (C=O) groups is 5. The maximum Gasteiger partial charge on any atom is 0.335 e. The molecule has 7 rings (SSSR count). The monoisotopic (exact) mass is 870 g/mol. The third kappa shape index (κ3) is 9.58. The number of carboxylic acids is 1. The van der Waals surface area contributed by atoms with E-state index >= 15 is 0 Å². The fraction of sp³-hybridized carbons (Fsp3) is 0.302. The Bertz CT molecular complexity index is 2600. The summed E-state index contributed by atoms with van der Waals surface area (Å²) in [6, 6.07) is 11.8. The number of imide groups is 2. The molecule has 18 nitrogen and oxygen atoms in total. The molecular formula is C43H39ClN4O14. The summed E-state index contributed by atoms with van der Waals surface area (Å²) in [6.45, 7) is 1.99. The van der Waals surface area contributed by atoms with Crippen molar-refractivity contribution >= 4 is 63.5 Å². The van der Waals surface area contributed by atoms with Crippen molar-refractivity contribution in [2.75, 3.05) is 58.6 Å². The molecule has 0 saturated carbocycles. The van der Waals surface area contributed by atoms with Crippen molar-refractivity contribution in [3.05, 3.63) is 103 Å². The summed E-state index contributed by atoms with van der Waals surface area (Å²) in [5, 5.41) is 15.1. The van der Waals surface area contributed by atoms with Gasteiger partial charge in [0.1, 0.15) is 47.8 Å². The molecule has 19 heteroatoms. The Morgan fingerprint density at radius 3 is 2.24 bits per heavy atom. The van der Waals surface area contributed by atoms with Crippen LogP contribution in [0.1, 0.15) is 36.0 Å². The third-order valence-electron chi connectivity index (χ3n) is 10.1. The SMILES string of the molecule is Nc1cc(C(=O)O)cc(-c2cc3c(=O)cc(-c4ccc(OCCOCCOCCOCCOC5=C6C(=O)N(C7CCC(=O)NC7=O)C(=O)C6=CCC5)cc4Cl)oc3cc2N=O)c1. The number of aromatic carboxylic acids is 1. The Labute approximate surface area is 357 Å². The van der Waals surface area contributed by atoms with Gasteiger partial charge >= 0.3 is 5.97 Å². The minimum absolute atomic E-state index is 0.0398. The van der Waals surface area contributed by atoms with Gasteiger partial charge in [-0.25, -0.2) is 4.79 Å². The number of nitrogen functional groups attached to an aromatic ring is 1. The number of hydrogen-bond acceptors (Lipinski definition) is 15. The van der Waals surface area contributed by atoms with E-state index in [1.54, 1.807) is 24.3 Å². The number of benzene rings is 3. The normalized spacial score (nSPS) is 16.4. The Morgan fingerprint density at radius 2 is 1.56 bits per heavy atom. The van der Waals surface area contributed by atoms with E-state index in [-0.39, 0.29) is 101 Å². The number of nitrogens with one attached hydrogen (secondary N) is 1. The van der Waals surface area contributed by atoms with Crippen LogP contribution in [0.4, 0.5) is 11.4 Å². The largest absolute Gasteiger partial charge is 0.495 e. The number of likely N-dealkylation sites (tertiary alicyclic amines) is 1. The minimum Gasteiger partial charge on any atom is -0.495 e. The molecule has 322 valence electrons. The van der Waals surface area contributed by atoms with Crippen molar-refractivity contribution in [3.63, 3.8) is 0 Å². The molecule has 1 unspecified atom stereocenters. The lowest BCUT2D eigenvalue weighted by Gasteiger charge is -2.27. The van der Waals surface area contributed by atoms with Gasteiger partial charge in [-0.2, -0.15) is 0 Å². The van der Waals surface area contributed by atoms with Gasteiger partial charge in [0.2, 0.25) is 11.8 Å². The number of anilines is 1. The van der Waals surface area contributed by atoms with Gasteiger partial charge in [-0.05, 0) is 66.0 Å². The first kappa shape index (κ1) is 43.4. The van der Waals surface area contributed by atoms with Crippen LogP contribution in [-0.2, 0) is 38.1 Å². The Kier molecular flexibility index (Phi) is 13.5. The van der Waals surface area contributed by atoms with Crippen LogP contribution in [-0.4, -0.2) is 98.5 Å². The summed E-state index contributed by atoms with van der Waals surface area (Å²) in [6.07, 6.45) is 2.70. The molecule has 3 aliphatic rings. The zero-order valence-electron chi connectivity index (χ0n) is 32.9. The highest BCUT2D eigenvalue weighted by Gasteiger charge is 2.48. The Hall–Kier alpha value is -6.73. The summed E-state index contributed by atoms with van der Waals surface area (Å²) >= 11 is 6.56. The number of allylic oxidation sites excluding steroid dienone is 2. The van der Waals surface area contributed by atoms with Gasteiger partial charge in [0.25, 0.3) is 11.8 Å². The second-order valence-corrected chi connectivity index (χ2v) is 14.6. The van der Waals surface area contributed by atoms with E-state index < -0.39 is 41.1 Å². The second kappa shape index (κ2) is 19.3. The zero-order valence-corrected chi connectivity index (χ0v) is 33.7. The fourth-order valence-electron chi connectivity index (χ4n) is 7.18. The number of ether oxygens (including phenoxy) is 5. The molecule has 2 saturated heterocycles. The number of nitrogens with zero attached hydrogens (tertiary/aromatic N) is 2. The molecule has 1 aromatic heterocycles. The summed E-state index contributed by atoms with van der Waals surface area (Å²) in [7, 11) is 0. The van der Waals surface area contributed by atoms with Gasteiger partial charge in [0.15, 0.2) is 5.43 Å². The highest BCUT2D eigenvalue weighted by Crippen LogP contribution is 2.39. The van der Waals surface area contributed by atoms with Crippen molar-refractivity contribution in [2.24, 2.45) is 5.18 Å². The predicted molar refractivity (Wildman–Crippen MR) is 221 cm³/mol. The maximum absolute atomic E-state index is 13.2. The summed E-state index contributed by atoms with van der Waals surface area (Å²) in [4.78, 5) is 87.7. The first-order valence-corrected chi connectivity index (χ1v) is 19.8. The first-order chi connectivity index (χ1) is 29.9. The van der Waals surface area contributed by atoms with Crippen molar-refractivity contribution in [1.82, 2.24) is 10.2 Å². The van der Waals surface area contributed by atoms with Gasteiger partial charge in [-0.15, -0.1) is 4.91 Å². The van der Waals surface area contributed by atoms with Crippen molar-refractivity contribution in [1.29, 1.82) is 0 Å². The smallest absolute Gasteiger partial charge is 0.335 e. The van der Waals surface area contributed by atoms with Crippen LogP contribution in [0.5, 0.6) is 5.75 Å². The van der Waals surface area contributed by atoms with Crippen molar-refractivity contribution in [3.8, 4) is 28.2 Å². The number of halogens is 1. The molecule has 3 heterocycles. The number of fused-ring (bicyclic) bond motifs is 2. The van der Waals surface area contributed by atoms with Crippen LogP contribution in [0.15, 0.2) is 92.0 Å². The molecule has 0 radical (unpaired) electrons. The number of amides is 4. The van der Waals surface area contributed by atoms with Crippen molar-refractivity contribution in [2.45, 2.75) is 31.7 Å². The van der Waals surface area contributed by atoms with Crippen LogP contribution in [0.25, 0.3) is 33.4 Å². The van der Waals surface area contributed by atoms with E-state index in [9.17, 15) is 38.8 Å². The summed E-state index contributed by atoms with van der Waals surface area (Å²) < 4.78 is 34.2. The van der Waals surface area contributed by atoms with E-state index in [1.165, 1.54) is 36.4 Å². The first-order valence-electron chi connectivity index (χ1n) is 19.5. The molecule has 4 N–H and O–H groups in total. The number of nitroso groups, excluding NO2 is 1. The molecule has 62 heavy (non-hydrogen) atoms. The van der Waals surface area contributed by atoms with Crippen LogP contribution in [0, 0.1) is 4.91 Å². The molecule has 3 aromatic carbocycles. The highest BCUT2D eigenvalue weighted by molar-refractivity contribution is 6.33. The van der Waals surface area contributed by atoms with Gasteiger partial charge in [-0.1, -0.05) is 17.7 Å². The van der Waals surface area contributed by atoms with Crippen LogP contribution in [0.3, 0.4) is 0 Å². The van der Waals surface area contributed by atoms with Crippen LogP contribution >= 0.6 is 11.6 Å². The van der Waals surface area contributed by atoms with Gasteiger partial charge in [0.05, 0.1) is 66.8 Å². The number of carboxylic acid groups (broad SMARTS) is 1. The lowest BCUT2D eigenvalue weighted by atomic mass is 9.98. The summed E-state index contributed by atoms with van der Waals surface area (Å²) in [5.41, 5.74) is 6.76. The topological polar surface area (TPSA) is 253 Å². The highest BCUT2D eigenvalue weighted by atomic mass is 35.5. The lowest BCUT2D eigenvalue weighted by molar-refractivity contribution is -0.149. The quantitative estimate of drug-likeness (QED) is 0.0482. The molecule has 1 atom stereocenters. The van der Waals surface area contributed by atoms with Gasteiger partial charge in [0, 0.05) is 41.8 Å². The number of carbonyl (C=O) groups excluding carboxylic acids is 4. The number of nitrogens with two attached hydrogens (primary N) is 1. The number of hydrogen-bond donors (Lipinski definition) is 3. The van der Waals surface area contributed by atoms with E-state index in [1.807, 2.05) is 0 Å². The van der Waals surface area contributed by atoms with Gasteiger partial charge in [-0.3, -0.25) is 34.2 Å². The average molecular weight is 871 g/mol. The molecule has 4 aromatic rings. The van der Waals surface area contributed by atoms with E-state index in [0.717, 1.165) is 4.90 Å². The zero-order chi connectivity index (χ0) is 43.9. The second-order valence-electron chi connectivity index (χ2n) is 14.2. The maximum atomic E-state index is 13.2. The number of rotatable bonds is 19.